The molecule has 0 spiro atoms. The summed E-state index contributed by atoms with van der Waals surface area (Å²) in [4.78, 5) is 14.3. The molecule has 17 heavy (non-hydrogen) atoms. The molecular weight excluding hydrogens is 210 g/mol. The fraction of sp³-hybridized carbons (Fsp3) is 0.933. The third-order valence-corrected chi connectivity index (χ3v) is 3.70. The van der Waals surface area contributed by atoms with Crippen LogP contribution in [0.1, 0.15) is 59.8 Å². The molecule has 1 fully saturated rings. The van der Waals surface area contributed by atoms with Crippen molar-refractivity contribution in [3.8, 4) is 0 Å². The van der Waals surface area contributed by atoms with Crippen LogP contribution in [0, 0.1) is 11.8 Å². The Balaban J connectivity index is 2.48. The molecule has 0 saturated heterocycles. The van der Waals surface area contributed by atoms with Crippen molar-refractivity contribution in [1.82, 2.24) is 4.90 Å². The predicted molar refractivity (Wildman–Crippen MR) is 73.1 cm³/mol. The van der Waals surface area contributed by atoms with E-state index < -0.39 is 0 Å². The first kappa shape index (κ1) is 14.7. The van der Waals surface area contributed by atoms with Gasteiger partial charge in [0.1, 0.15) is 5.78 Å². The Morgan fingerprint density at radius 2 is 1.65 bits per heavy atom. The Labute approximate surface area is 107 Å². The van der Waals surface area contributed by atoms with Crippen molar-refractivity contribution in [2.24, 2.45) is 11.8 Å². The van der Waals surface area contributed by atoms with E-state index in [0.29, 0.717) is 5.78 Å². The molecule has 0 aromatic rings. The highest BCUT2D eigenvalue weighted by Gasteiger charge is 2.29. The maximum absolute atomic E-state index is 11.9. The second kappa shape index (κ2) is 7.15. The second-order valence-corrected chi connectivity index (χ2v) is 6.28. The minimum absolute atomic E-state index is 0.243. The van der Waals surface area contributed by atoms with Crippen molar-refractivity contribution < 1.29 is 4.79 Å². The molecule has 1 aliphatic carbocycles. The normalized spacial score (nSPS) is 21.1. The fourth-order valence-electron chi connectivity index (χ4n) is 2.45. The molecule has 0 amide bonds. The minimum atomic E-state index is 0.243. The van der Waals surface area contributed by atoms with Crippen LogP contribution in [0.4, 0.5) is 0 Å². The number of carbonyl (C=O) groups excluding carboxylic acids is 1. The Kier molecular flexibility index (Phi) is 6.18. The molecule has 0 bridgehead atoms. The maximum atomic E-state index is 11.9. The first-order valence-corrected chi connectivity index (χ1v) is 7.27. The van der Waals surface area contributed by atoms with Gasteiger partial charge in [-0.05, 0) is 50.6 Å². The minimum Gasteiger partial charge on any atom is -0.298 e. The molecule has 0 aliphatic heterocycles. The lowest BCUT2D eigenvalue weighted by atomic mass is 10.1. The molecule has 0 radical (unpaired) electrons. The van der Waals surface area contributed by atoms with E-state index in [1.807, 2.05) is 0 Å². The highest BCUT2D eigenvalue weighted by molar-refractivity contribution is 5.85. The van der Waals surface area contributed by atoms with E-state index in [0.717, 1.165) is 44.2 Å². The maximum Gasteiger partial charge on any atom is 0.149 e. The summed E-state index contributed by atoms with van der Waals surface area (Å²) in [7, 11) is 0. The van der Waals surface area contributed by atoms with Crippen LogP contribution in [0.15, 0.2) is 0 Å². The van der Waals surface area contributed by atoms with Gasteiger partial charge in [-0.15, -0.1) is 0 Å². The van der Waals surface area contributed by atoms with Crippen molar-refractivity contribution in [2.75, 3.05) is 13.1 Å². The predicted octanol–water partition coefficient (Wildman–Crippen LogP) is 3.50. The van der Waals surface area contributed by atoms with Gasteiger partial charge in [0.05, 0.1) is 6.04 Å². The van der Waals surface area contributed by atoms with Gasteiger partial charge in [0.25, 0.3) is 0 Å². The summed E-state index contributed by atoms with van der Waals surface area (Å²) in [6.45, 7) is 11.2. The first-order chi connectivity index (χ1) is 8.00. The highest BCUT2D eigenvalue weighted by Crippen LogP contribution is 2.22. The molecule has 0 heterocycles. The van der Waals surface area contributed by atoms with Crippen LogP contribution >= 0.6 is 0 Å². The molecule has 1 atom stereocenters. The van der Waals surface area contributed by atoms with E-state index in [-0.39, 0.29) is 6.04 Å². The largest absolute Gasteiger partial charge is 0.298 e. The third-order valence-electron chi connectivity index (χ3n) is 3.70. The van der Waals surface area contributed by atoms with E-state index in [1.54, 1.807) is 0 Å². The highest BCUT2D eigenvalue weighted by atomic mass is 16.1. The van der Waals surface area contributed by atoms with Crippen LogP contribution in [-0.2, 0) is 4.79 Å². The van der Waals surface area contributed by atoms with Crippen molar-refractivity contribution in [2.45, 2.75) is 65.8 Å². The molecule has 1 saturated carbocycles. The first-order valence-electron chi connectivity index (χ1n) is 7.27. The lowest BCUT2D eigenvalue weighted by Crippen LogP contribution is -2.40. The van der Waals surface area contributed by atoms with Crippen LogP contribution in [0.5, 0.6) is 0 Å². The summed E-state index contributed by atoms with van der Waals surface area (Å²) in [6.07, 6.45) is 5.42. The van der Waals surface area contributed by atoms with Crippen LogP contribution in [0.3, 0.4) is 0 Å². The van der Waals surface area contributed by atoms with Gasteiger partial charge < -0.3 is 0 Å². The van der Waals surface area contributed by atoms with Crippen LogP contribution < -0.4 is 0 Å². The Bertz CT molecular complexity index is 223. The lowest BCUT2D eigenvalue weighted by molar-refractivity contribution is -0.122. The van der Waals surface area contributed by atoms with E-state index in [9.17, 15) is 4.79 Å². The Morgan fingerprint density at radius 3 is 2.00 bits per heavy atom. The van der Waals surface area contributed by atoms with Gasteiger partial charge in [-0.2, -0.15) is 0 Å². The summed E-state index contributed by atoms with van der Waals surface area (Å²) in [5.74, 6) is 1.94. The van der Waals surface area contributed by atoms with Gasteiger partial charge in [0.2, 0.25) is 0 Å². The fourth-order valence-corrected chi connectivity index (χ4v) is 2.45. The van der Waals surface area contributed by atoms with E-state index >= 15 is 0 Å². The molecule has 100 valence electrons. The second-order valence-electron chi connectivity index (χ2n) is 6.28. The number of Topliss-reactive ketones (excluding diaryl/α,β-unsaturated/α-hetero) is 1. The molecule has 0 N–H and O–H groups in total. The zero-order valence-corrected chi connectivity index (χ0v) is 12.0. The molecule has 2 nitrogen and oxygen atoms in total. The Hall–Kier alpha value is -0.370. The molecule has 1 rings (SSSR count). The van der Waals surface area contributed by atoms with Gasteiger partial charge in [0.15, 0.2) is 0 Å². The Morgan fingerprint density at radius 1 is 1.12 bits per heavy atom. The third kappa shape index (κ3) is 5.20. The standard InChI is InChI=1S/C15H29NO/c1-12(2)8-10-16(11-9-13(3)4)14-6-5-7-15(14)17/h12-14H,5-11H2,1-4H3. The average Bonchev–Trinajstić information content (AvgIpc) is 2.64. The number of hydrogen-bond donors (Lipinski definition) is 0. The zero-order chi connectivity index (χ0) is 12.8. The lowest BCUT2D eigenvalue weighted by Gasteiger charge is -2.29. The van der Waals surface area contributed by atoms with E-state index in [2.05, 4.69) is 32.6 Å². The summed E-state index contributed by atoms with van der Waals surface area (Å²) < 4.78 is 0. The number of nitrogens with zero attached hydrogens (tertiary/aromatic N) is 1. The molecule has 1 unspecified atom stereocenters. The van der Waals surface area contributed by atoms with Gasteiger partial charge in [-0.1, -0.05) is 27.7 Å². The molecule has 0 aromatic carbocycles. The van der Waals surface area contributed by atoms with E-state index in [4.69, 9.17) is 0 Å². The van der Waals surface area contributed by atoms with Gasteiger partial charge in [-0.3, -0.25) is 9.69 Å². The average molecular weight is 239 g/mol. The van der Waals surface area contributed by atoms with Crippen LogP contribution in [0.2, 0.25) is 0 Å². The number of rotatable bonds is 7. The van der Waals surface area contributed by atoms with E-state index in [1.165, 1.54) is 12.8 Å². The number of ketones is 1. The van der Waals surface area contributed by atoms with Crippen molar-refractivity contribution in [3.63, 3.8) is 0 Å². The monoisotopic (exact) mass is 239 g/mol. The topological polar surface area (TPSA) is 20.3 Å². The zero-order valence-electron chi connectivity index (χ0n) is 12.0. The van der Waals surface area contributed by atoms with Crippen molar-refractivity contribution in [3.05, 3.63) is 0 Å². The van der Waals surface area contributed by atoms with Crippen molar-refractivity contribution >= 4 is 5.78 Å². The van der Waals surface area contributed by atoms with Crippen LogP contribution in [0.25, 0.3) is 0 Å². The van der Waals surface area contributed by atoms with Gasteiger partial charge >= 0.3 is 0 Å². The molecule has 1 aliphatic rings. The molecule has 2 heteroatoms. The SMILES string of the molecule is CC(C)CCN(CCC(C)C)C1CCCC1=O. The number of carbonyl (C=O) groups is 1. The summed E-state index contributed by atoms with van der Waals surface area (Å²) in [5, 5.41) is 0. The molecular formula is C15H29NO. The van der Waals surface area contributed by atoms with Crippen LogP contribution in [-0.4, -0.2) is 29.8 Å². The summed E-state index contributed by atoms with van der Waals surface area (Å²) in [5.41, 5.74) is 0. The van der Waals surface area contributed by atoms with Gasteiger partial charge in [-0.25, -0.2) is 0 Å². The molecule has 0 aromatic heterocycles. The summed E-state index contributed by atoms with van der Waals surface area (Å²) in [6, 6.07) is 0.243. The quantitative estimate of drug-likeness (QED) is 0.677. The number of hydrogen-bond acceptors (Lipinski definition) is 2. The smallest absolute Gasteiger partial charge is 0.149 e. The van der Waals surface area contributed by atoms with Gasteiger partial charge in [0, 0.05) is 6.42 Å². The van der Waals surface area contributed by atoms with Crippen molar-refractivity contribution in [1.29, 1.82) is 0 Å². The summed E-state index contributed by atoms with van der Waals surface area (Å²) >= 11 is 0.